The number of carbonyl (C=O) groups is 1. The summed E-state index contributed by atoms with van der Waals surface area (Å²) in [7, 11) is 0. The molecule has 2 heterocycles. The van der Waals surface area contributed by atoms with Gasteiger partial charge in [-0.2, -0.15) is 11.3 Å². The first-order valence-corrected chi connectivity index (χ1v) is 7.48. The first kappa shape index (κ1) is 13.5. The molecule has 0 aliphatic rings. The Morgan fingerprint density at radius 3 is 2.71 bits per heavy atom. The van der Waals surface area contributed by atoms with Gasteiger partial charge in [0.25, 0.3) is 5.91 Å². The molecule has 0 radical (unpaired) electrons. The van der Waals surface area contributed by atoms with Crippen molar-refractivity contribution < 1.29 is 4.79 Å². The van der Waals surface area contributed by atoms with E-state index in [1.807, 2.05) is 48.0 Å². The van der Waals surface area contributed by atoms with Crippen molar-refractivity contribution in [1.82, 2.24) is 20.3 Å². The zero-order valence-electron chi connectivity index (χ0n) is 11.4. The molecular weight excluding hydrogens is 284 g/mol. The van der Waals surface area contributed by atoms with Gasteiger partial charge >= 0.3 is 0 Å². The average molecular weight is 298 g/mol. The Kier molecular flexibility index (Phi) is 3.79. The number of hydrogen-bond acceptors (Lipinski definition) is 4. The summed E-state index contributed by atoms with van der Waals surface area (Å²) >= 11 is 1.51. The molecule has 1 aromatic carbocycles. The number of amides is 1. The minimum atomic E-state index is -0.0535. The molecule has 0 saturated carbocycles. The molecule has 3 rings (SSSR count). The van der Waals surface area contributed by atoms with Crippen molar-refractivity contribution in [3.05, 3.63) is 64.6 Å². The Hall–Kier alpha value is -2.47. The maximum absolute atomic E-state index is 12.0. The third kappa shape index (κ3) is 3.00. The molecule has 6 heteroatoms. The van der Waals surface area contributed by atoms with Gasteiger partial charge in [-0.25, -0.2) is 4.68 Å². The van der Waals surface area contributed by atoms with Gasteiger partial charge in [0.05, 0.1) is 29.7 Å². The van der Waals surface area contributed by atoms with Gasteiger partial charge in [0.2, 0.25) is 0 Å². The summed E-state index contributed by atoms with van der Waals surface area (Å²) in [5, 5.41) is 14.4. The standard InChI is InChI=1S/C15H14N4OS/c1-11(17-15(20)13-6-9-21-10-13)12-2-4-14(5-3-12)19-8-7-16-18-19/h2-11H,1H3,(H,17,20)/t11-/m0/s1. The lowest BCUT2D eigenvalue weighted by atomic mass is 10.1. The number of hydrogen-bond donors (Lipinski definition) is 1. The quantitative estimate of drug-likeness (QED) is 0.805. The van der Waals surface area contributed by atoms with Crippen LogP contribution in [0.15, 0.2) is 53.5 Å². The topological polar surface area (TPSA) is 59.8 Å². The Morgan fingerprint density at radius 1 is 1.29 bits per heavy atom. The van der Waals surface area contributed by atoms with Crippen molar-refractivity contribution in [2.45, 2.75) is 13.0 Å². The van der Waals surface area contributed by atoms with Crippen molar-refractivity contribution >= 4 is 17.2 Å². The summed E-state index contributed by atoms with van der Waals surface area (Å²) in [5.41, 5.74) is 2.68. The second-order valence-electron chi connectivity index (χ2n) is 4.65. The summed E-state index contributed by atoms with van der Waals surface area (Å²) in [6, 6.07) is 9.64. The van der Waals surface area contributed by atoms with Crippen LogP contribution in [0.1, 0.15) is 28.9 Å². The molecule has 3 aromatic rings. The van der Waals surface area contributed by atoms with E-state index >= 15 is 0 Å². The molecule has 2 aromatic heterocycles. The lowest BCUT2D eigenvalue weighted by Gasteiger charge is -2.14. The van der Waals surface area contributed by atoms with E-state index in [-0.39, 0.29) is 11.9 Å². The fourth-order valence-corrected chi connectivity index (χ4v) is 2.65. The summed E-state index contributed by atoms with van der Waals surface area (Å²) in [5.74, 6) is -0.0518. The number of rotatable bonds is 4. The van der Waals surface area contributed by atoms with Crippen LogP contribution in [0.25, 0.3) is 5.69 Å². The van der Waals surface area contributed by atoms with Gasteiger partial charge in [-0.05, 0) is 36.1 Å². The van der Waals surface area contributed by atoms with Gasteiger partial charge in [0, 0.05) is 5.38 Å². The minimum absolute atomic E-state index is 0.0518. The van der Waals surface area contributed by atoms with Crippen LogP contribution in [-0.4, -0.2) is 20.9 Å². The molecule has 0 unspecified atom stereocenters. The number of carbonyl (C=O) groups excluding carboxylic acids is 1. The summed E-state index contributed by atoms with van der Waals surface area (Å²) in [6.45, 7) is 1.97. The fraction of sp³-hybridized carbons (Fsp3) is 0.133. The van der Waals surface area contributed by atoms with E-state index < -0.39 is 0 Å². The van der Waals surface area contributed by atoms with Crippen molar-refractivity contribution in [3.8, 4) is 5.69 Å². The average Bonchev–Trinajstić information content (AvgIpc) is 3.20. The van der Waals surface area contributed by atoms with Crippen LogP contribution in [0.2, 0.25) is 0 Å². The molecule has 1 N–H and O–H groups in total. The highest BCUT2D eigenvalue weighted by Crippen LogP contribution is 2.16. The van der Waals surface area contributed by atoms with Crippen molar-refractivity contribution in [2.75, 3.05) is 0 Å². The van der Waals surface area contributed by atoms with E-state index in [1.165, 1.54) is 11.3 Å². The van der Waals surface area contributed by atoms with Crippen molar-refractivity contribution in [3.63, 3.8) is 0 Å². The van der Waals surface area contributed by atoms with Crippen LogP contribution >= 0.6 is 11.3 Å². The zero-order chi connectivity index (χ0) is 14.7. The fourth-order valence-electron chi connectivity index (χ4n) is 2.02. The lowest BCUT2D eigenvalue weighted by Crippen LogP contribution is -2.26. The molecule has 21 heavy (non-hydrogen) atoms. The van der Waals surface area contributed by atoms with Crippen molar-refractivity contribution in [1.29, 1.82) is 0 Å². The Bertz CT molecular complexity index is 705. The zero-order valence-corrected chi connectivity index (χ0v) is 12.2. The van der Waals surface area contributed by atoms with Crippen LogP contribution in [0.4, 0.5) is 0 Å². The van der Waals surface area contributed by atoms with E-state index in [4.69, 9.17) is 0 Å². The Morgan fingerprint density at radius 2 is 2.10 bits per heavy atom. The normalized spacial score (nSPS) is 12.0. The highest BCUT2D eigenvalue weighted by molar-refractivity contribution is 7.08. The van der Waals surface area contributed by atoms with Crippen LogP contribution in [0, 0.1) is 0 Å². The third-order valence-corrected chi connectivity index (χ3v) is 3.89. The third-order valence-electron chi connectivity index (χ3n) is 3.21. The monoisotopic (exact) mass is 298 g/mol. The molecule has 0 saturated heterocycles. The molecule has 0 aliphatic carbocycles. The number of nitrogens with zero attached hydrogens (tertiary/aromatic N) is 3. The van der Waals surface area contributed by atoms with E-state index in [0.29, 0.717) is 5.56 Å². The first-order valence-electron chi connectivity index (χ1n) is 6.54. The molecular formula is C15H14N4OS. The predicted octanol–water partition coefficient (Wildman–Crippen LogP) is 2.82. The SMILES string of the molecule is C[C@H](NC(=O)c1ccsc1)c1ccc(-n2ccnn2)cc1. The molecule has 1 atom stereocenters. The predicted molar refractivity (Wildman–Crippen MR) is 81.6 cm³/mol. The minimum Gasteiger partial charge on any atom is -0.345 e. The molecule has 5 nitrogen and oxygen atoms in total. The maximum Gasteiger partial charge on any atom is 0.252 e. The van der Waals surface area contributed by atoms with Gasteiger partial charge in [0.15, 0.2) is 0 Å². The molecule has 106 valence electrons. The highest BCUT2D eigenvalue weighted by atomic mass is 32.1. The Labute approximate surface area is 126 Å². The summed E-state index contributed by atoms with van der Waals surface area (Å²) < 4.78 is 1.69. The molecule has 0 bridgehead atoms. The summed E-state index contributed by atoms with van der Waals surface area (Å²) in [4.78, 5) is 12.0. The number of nitrogens with one attached hydrogen (secondary N) is 1. The van der Waals surface area contributed by atoms with E-state index in [0.717, 1.165) is 11.3 Å². The van der Waals surface area contributed by atoms with E-state index in [9.17, 15) is 4.79 Å². The second kappa shape index (κ2) is 5.88. The number of aromatic nitrogens is 3. The van der Waals surface area contributed by atoms with Crippen LogP contribution in [0.5, 0.6) is 0 Å². The van der Waals surface area contributed by atoms with Gasteiger partial charge in [0.1, 0.15) is 0 Å². The van der Waals surface area contributed by atoms with Gasteiger partial charge in [-0.1, -0.05) is 17.3 Å². The number of thiophene rings is 1. The van der Waals surface area contributed by atoms with Gasteiger partial charge in [-0.3, -0.25) is 4.79 Å². The highest BCUT2D eigenvalue weighted by Gasteiger charge is 2.11. The van der Waals surface area contributed by atoms with E-state index in [1.54, 1.807) is 17.1 Å². The van der Waals surface area contributed by atoms with Gasteiger partial charge < -0.3 is 5.32 Å². The van der Waals surface area contributed by atoms with Gasteiger partial charge in [-0.15, -0.1) is 5.10 Å². The smallest absolute Gasteiger partial charge is 0.252 e. The first-order chi connectivity index (χ1) is 10.2. The van der Waals surface area contributed by atoms with Crippen LogP contribution < -0.4 is 5.32 Å². The van der Waals surface area contributed by atoms with Crippen LogP contribution in [-0.2, 0) is 0 Å². The lowest BCUT2D eigenvalue weighted by molar-refractivity contribution is 0.0940. The van der Waals surface area contributed by atoms with E-state index in [2.05, 4.69) is 15.6 Å². The molecule has 0 aliphatic heterocycles. The Balaban J connectivity index is 1.70. The molecule has 1 amide bonds. The largest absolute Gasteiger partial charge is 0.345 e. The van der Waals surface area contributed by atoms with Crippen molar-refractivity contribution in [2.24, 2.45) is 0 Å². The van der Waals surface area contributed by atoms with Crippen LogP contribution in [0.3, 0.4) is 0 Å². The maximum atomic E-state index is 12.0. The summed E-state index contributed by atoms with van der Waals surface area (Å²) in [6.07, 6.45) is 3.42. The number of benzene rings is 1. The molecule has 0 spiro atoms. The second-order valence-corrected chi connectivity index (χ2v) is 5.43. The molecule has 0 fully saturated rings.